The number of alkyl halides is 11. The molecule has 1 saturated heterocycles. The van der Waals surface area contributed by atoms with E-state index in [9.17, 15) is 48.3 Å². The molecule has 28 heavy (non-hydrogen) atoms. The van der Waals surface area contributed by atoms with Crippen molar-refractivity contribution in [2.45, 2.75) is 49.7 Å². The van der Waals surface area contributed by atoms with Crippen molar-refractivity contribution < 1.29 is 58.1 Å². The molecule has 1 N–H and O–H groups in total. The fourth-order valence-corrected chi connectivity index (χ4v) is 3.33. The third kappa shape index (κ3) is 2.77. The highest BCUT2D eigenvalue weighted by atomic mass is 19.4. The van der Waals surface area contributed by atoms with E-state index in [-0.39, 0.29) is 12.5 Å². The van der Waals surface area contributed by atoms with Gasteiger partial charge < -0.3 is 9.84 Å². The number of benzene rings is 1. The predicted octanol–water partition coefficient (Wildman–Crippen LogP) is 5.10. The van der Waals surface area contributed by atoms with E-state index in [1.54, 1.807) is 0 Å². The summed E-state index contributed by atoms with van der Waals surface area (Å²) in [5.41, 5.74) is -10.1. The largest absolute Gasteiger partial charge is 0.456 e. The molecular weight excluding hydrogens is 421 g/mol. The summed E-state index contributed by atoms with van der Waals surface area (Å²) in [6.07, 6.45) is -24.5. The molecule has 2 rings (SSSR count). The molecule has 0 aliphatic carbocycles. The van der Waals surface area contributed by atoms with Crippen LogP contribution in [0.1, 0.15) is 18.1 Å². The summed E-state index contributed by atoms with van der Waals surface area (Å²) in [6, 6.07) is 3.02. The minimum atomic E-state index is -6.72. The van der Waals surface area contributed by atoms with Crippen LogP contribution in [0, 0.1) is 5.41 Å². The smallest absolute Gasteiger partial charge is 0.392 e. The highest BCUT2D eigenvalue weighted by Crippen LogP contribution is 2.73. The Kier molecular flexibility index (Phi) is 5.00. The van der Waals surface area contributed by atoms with Gasteiger partial charge in [-0.05, 0) is 18.1 Å². The van der Waals surface area contributed by atoms with Crippen molar-refractivity contribution in [3.8, 4) is 0 Å². The van der Waals surface area contributed by atoms with Gasteiger partial charge in [0.1, 0.15) is 5.60 Å². The monoisotopic (exact) mass is 432 g/mol. The SMILES string of the molecule is CC1(c2ccc(CO)cc2)OC(C(F)(F)C(F)(F)F)C1(C(F)(F)F)C(F)(F)F. The van der Waals surface area contributed by atoms with E-state index in [0.29, 0.717) is 12.1 Å². The lowest BCUT2D eigenvalue weighted by Crippen LogP contribution is -2.82. The molecule has 1 aliphatic heterocycles. The molecule has 13 heteroatoms. The molecule has 2 unspecified atom stereocenters. The van der Waals surface area contributed by atoms with Gasteiger partial charge in [-0.25, -0.2) is 0 Å². The zero-order valence-corrected chi connectivity index (χ0v) is 13.6. The fraction of sp³-hybridized carbons (Fsp3) is 0.600. The van der Waals surface area contributed by atoms with E-state index in [2.05, 4.69) is 4.74 Å². The summed E-state index contributed by atoms with van der Waals surface area (Å²) in [6.45, 7) is -0.499. The van der Waals surface area contributed by atoms with Gasteiger partial charge in [0.25, 0.3) is 0 Å². The van der Waals surface area contributed by atoms with E-state index in [1.807, 2.05) is 0 Å². The first-order valence-electron chi connectivity index (χ1n) is 7.34. The third-order valence-electron chi connectivity index (χ3n) is 4.79. The van der Waals surface area contributed by atoms with Crippen LogP contribution in [0.25, 0.3) is 0 Å². The molecule has 0 saturated carbocycles. The molecule has 0 bridgehead atoms. The fourth-order valence-electron chi connectivity index (χ4n) is 3.33. The van der Waals surface area contributed by atoms with Gasteiger partial charge in [-0.3, -0.25) is 0 Å². The van der Waals surface area contributed by atoms with E-state index in [4.69, 9.17) is 5.11 Å². The van der Waals surface area contributed by atoms with Gasteiger partial charge in [0.2, 0.25) is 5.41 Å². The number of aliphatic hydroxyl groups excluding tert-OH is 1. The molecule has 1 aromatic carbocycles. The first-order chi connectivity index (χ1) is 12.4. The quantitative estimate of drug-likeness (QED) is 0.674. The Labute approximate surface area is 149 Å². The third-order valence-corrected chi connectivity index (χ3v) is 4.79. The normalized spacial score (nSPS) is 26.1. The van der Waals surface area contributed by atoms with Crippen LogP contribution in [0.3, 0.4) is 0 Å². The van der Waals surface area contributed by atoms with Gasteiger partial charge in [0.05, 0.1) is 6.61 Å². The van der Waals surface area contributed by atoms with Crippen LogP contribution in [0.2, 0.25) is 0 Å². The molecule has 1 fully saturated rings. The van der Waals surface area contributed by atoms with E-state index in [1.165, 1.54) is 0 Å². The van der Waals surface area contributed by atoms with Crippen LogP contribution < -0.4 is 0 Å². The molecule has 0 aromatic heterocycles. The molecular formula is C15H11F11O2. The van der Waals surface area contributed by atoms with Crippen molar-refractivity contribution in [3.63, 3.8) is 0 Å². The standard InChI is InChI=1S/C15H11F11O2/c1-10(8-4-2-7(6-27)3-5-8)11(13(18,19)20,14(21,22)23)9(28-10)12(16,17)15(24,25)26/h2-5,9,27H,6H2,1H3. The first-order valence-corrected chi connectivity index (χ1v) is 7.34. The Morgan fingerprint density at radius 3 is 1.61 bits per heavy atom. The highest BCUT2D eigenvalue weighted by Gasteiger charge is 2.94. The number of rotatable bonds is 3. The van der Waals surface area contributed by atoms with E-state index in [0.717, 1.165) is 12.1 Å². The lowest BCUT2D eigenvalue weighted by Gasteiger charge is -2.63. The van der Waals surface area contributed by atoms with Gasteiger partial charge >= 0.3 is 24.5 Å². The number of aliphatic hydroxyl groups is 1. The van der Waals surface area contributed by atoms with Crippen LogP contribution in [0.15, 0.2) is 24.3 Å². The summed E-state index contributed by atoms with van der Waals surface area (Å²) in [5, 5.41) is 8.89. The van der Waals surface area contributed by atoms with Crippen LogP contribution in [0.4, 0.5) is 48.3 Å². The average molecular weight is 432 g/mol. The number of hydrogen-bond donors (Lipinski definition) is 1. The minimum absolute atomic E-state index is 0.0495. The molecule has 2 nitrogen and oxygen atoms in total. The van der Waals surface area contributed by atoms with E-state index < -0.39 is 53.7 Å². The van der Waals surface area contributed by atoms with Crippen LogP contribution in [-0.4, -0.2) is 35.7 Å². The van der Waals surface area contributed by atoms with Gasteiger partial charge in [0, 0.05) is 0 Å². The maximum absolute atomic E-state index is 13.6. The number of halogens is 11. The van der Waals surface area contributed by atoms with Crippen molar-refractivity contribution >= 4 is 0 Å². The molecule has 0 spiro atoms. The van der Waals surface area contributed by atoms with Crippen molar-refractivity contribution in [3.05, 3.63) is 35.4 Å². The van der Waals surface area contributed by atoms with Crippen molar-refractivity contribution in [2.24, 2.45) is 5.41 Å². The lowest BCUT2D eigenvalue weighted by atomic mass is 9.57. The number of hydrogen-bond acceptors (Lipinski definition) is 2. The zero-order chi connectivity index (χ0) is 22.0. The Morgan fingerprint density at radius 1 is 0.857 bits per heavy atom. The summed E-state index contributed by atoms with van der Waals surface area (Å²) in [4.78, 5) is 0. The van der Waals surface area contributed by atoms with Gasteiger partial charge in [-0.1, -0.05) is 24.3 Å². The van der Waals surface area contributed by atoms with Crippen molar-refractivity contribution in [2.75, 3.05) is 0 Å². The minimum Gasteiger partial charge on any atom is -0.392 e. The number of ether oxygens (including phenoxy) is 1. The summed E-state index contributed by atoms with van der Waals surface area (Å²) >= 11 is 0. The Balaban J connectivity index is 2.78. The maximum atomic E-state index is 13.6. The Morgan fingerprint density at radius 2 is 1.29 bits per heavy atom. The molecule has 2 atom stereocenters. The Bertz CT molecular complexity index is 703. The van der Waals surface area contributed by atoms with E-state index >= 15 is 0 Å². The average Bonchev–Trinajstić information content (AvgIpc) is 2.48. The van der Waals surface area contributed by atoms with Gasteiger partial charge in [0.15, 0.2) is 6.10 Å². The van der Waals surface area contributed by atoms with Gasteiger partial charge in [-0.15, -0.1) is 0 Å². The molecule has 0 amide bonds. The summed E-state index contributed by atoms with van der Waals surface area (Å²) < 4.78 is 151. The van der Waals surface area contributed by atoms with Crippen molar-refractivity contribution in [1.29, 1.82) is 0 Å². The second-order valence-electron chi connectivity index (χ2n) is 6.31. The topological polar surface area (TPSA) is 29.5 Å². The first kappa shape index (κ1) is 22.7. The zero-order valence-electron chi connectivity index (χ0n) is 13.6. The predicted molar refractivity (Wildman–Crippen MR) is 70.1 cm³/mol. The lowest BCUT2D eigenvalue weighted by molar-refractivity contribution is -0.529. The van der Waals surface area contributed by atoms with Crippen LogP contribution in [-0.2, 0) is 16.9 Å². The molecule has 0 radical (unpaired) electrons. The second-order valence-corrected chi connectivity index (χ2v) is 6.31. The highest BCUT2D eigenvalue weighted by molar-refractivity contribution is 5.36. The van der Waals surface area contributed by atoms with Gasteiger partial charge in [-0.2, -0.15) is 48.3 Å². The molecule has 160 valence electrons. The second kappa shape index (κ2) is 6.18. The maximum Gasteiger partial charge on any atom is 0.456 e. The summed E-state index contributed by atoms with van der Waals surface area (Å²) in [7, 11) is 0. The summed E-state index contributed by atoms with van der Waals surface area (Å²) in [5.74, 6) is -6.44. The van der Waals surface area contributed by atoms with Crippen LogP contribution in [0.5, 0.6) is 0 Å². The molecule has 1 heterocycles. The van der Waals surface area contributed by atoms with Crippen LogP contribution >= 0.6 is 0 Å². The molecule has 1 aromatic rings. The Hall–Kier alpha value is -1.63. The van der Waals surface area contributed by atoms with Crippen molar-refractivity contribution in [1.82, 2.24) is 0 Å². The molecule has 1 aliphatic rings.